The minimum Gasteiger partial charge on any atom is -0.352 e. The molecule has 3 nitrogen and oxygen atoms in total. The van der Waals surface area contributed by atoms with Crippen LogP contribution in [0.4, 0.5) is 0 Å². The fourth-order valence-electron chi connectivity index (χ4n) is 2.91. The molecule has 1 aliphatic rings. The van der Waals surface area contributed by atoms with Crippen molar-refractivity contribution in [3.63, 3.8) is 0 Å². The van der Waals surface area contributed by atoms with Gasteiger partial charge in [0.1, 0.15) is 0 Å². The SMILES string of the molecule is CCCCC(CCC)NCC(=O)NC1CCCCC1. The number of hydrogen-bond donors (Lipinski definition) is 2. The maximum absolute atomic E-state index is 11.9. The smallest absolute Gasteiger partial charge is 0.234 e. The number of rotatable bonds is 9. The van der Waals surface area contributed by atoms with Crippen LogP contribution in [0.5, 0.6) is 0 Å². The Morgan fingerprint density at radius 2 is 1.84 bits per heavy atom. The number of hydrogen-bond acceptors (Lipinski definition) is 2. The number of amides is 1. The van der Waals surface area contributed by atoms with E-state index in [2.05, 4.69) is 24.5 Å². The normalized spacial score (nSPS) is 18.2. The van der Waals surface area contributed by atoms with Crippen LogP contribution in [-0.2, 0) is 4.79 Å². The molecule has 112 valence electrons. The lowest BCUT2D eigenvalue weighted by Gasteiger charge is -2.24. The van der Waals surface area contributed by atoms with Crippen LogP contribution in [0, 0.1) is 0 Å². The first-order chi connectivity index (χ1) is 9.26. The van der Waals surface area contributed by atoms with E-state index in [4.69, 9.17) is 0 Å². The summed E-state index contributed by atoms with van der Waals surface area (Å²) in [4.78, 5) is 11.9. The van der Waals surface area contributed by atoms with Crippen molar-refractivity contribution in [3.05, 3.63) is 0 Å². The van der Waals surface area contributed by atoms with Crippen molar-refractivity contribution in [2.45, 2.75) is 90.1 Å². The molecule has 1 amide bonds. The van der Waals surface area contributed by atoms with Crippen LogP contribution in [-0.4, -0.2) is 24.5 Å². The molecule has 1 rings (SSSR count). The van der Waals surface area contributed by atoms with Crippen molar-refractivity contribution < 1.29 is 4.79 Å². The maximum atomic E-state index is 11.9. The van der Waals surface area contributed by atoms with Gasteiger partial charge in [-0.2, -0.15) is 0 Å². The van der Waals surface area contributed by atoms with Gasteiger partial charge in [-0.1, -0.05) is 52.4 Å². The van der Waals surface area contributed by atoms with Gasteiger partial charge in [-0.25, -0.2) is 0 Å². The van der Waals surface area contributed by atoms with Gasteiger partial charge in [0.2, 0.25) is 5.91 Å². The van der Waals surface area contributed by atoms with Gasteiger partial charge in [-0.3, -0.25) is 4.79 Å². The molecule has 19 heavy (non-hydrogen) atoms. The molecule has 0 aliphatic heterocycles. The molecule has 1 aliphatic carbocycles. The zero-order valence-electron chi connectivity index (χ0n) is 12.8. The molecule has 1 unspecified atom stereocenters. The lowest BCUT2D eigenvalue weighted by atomic mass is 9.95. The Labute approximate surface area is 118 Å². The van der Waals surface area contributed by atoms with Crippen LogP contribution in [0.2, 0.25) is 0 Å². The van der Waals surface area contributed by atoms with Crippen molar-refractivity contribution in [3.8, 4) is 0 Å². The third-order valence-electron chi connectivity index (χ3n) is 4.06. The predicted octanol–water partition coefficient (Wildman–Crippen LogP) is 3.38. The van der Waals surface area contributed by atoms with Gasteiger partial charge in [0.25, 0.3) is 0 Å². The highest BCUT2D eigenvalue weighted by Crippen LogP contribution is 2.17. The topological polar surface area (TPSA) is 41.1 Å². The molecule has 0 aromatic rings. The number of nitrogens with one attached hydrogen (secondary N) is 2. The van der Waals surface area contributed by atoms with Gasteiger partial charge in [0.15, 0.2) is 0 Å². The van der Waals surface area contributed by atoms with E-state index in [0.717, 1.165) is 0 Å². The summed E-state index contributed by atoms with van der Waals surface area (Å²) in [6.45, 7) is 4.92. The second-order valence-corrected chi connectivity index (χ2v) is 5.91. The van der Waals surface area contributed by atoms with Gasteiger partial charge in [-0.15, -0.1) is 0 Å². The third-order valence-corrected chi connectivity index (χ3v) is 4.06. The molecule has 1 fully saturated rings. The van der Waals surface area contributed by atoms with E-state index in [1.165, 1.54) is 64.2 Å². The van der Waals surface area contributed by atoms with Gasteiger partial charge >= 0.3 is 0 Å². The Kier molecular flexibility index (Phi) is 8.89. The van der Waals surface area contributed by atoms with E-state index in [-0.39, 0.29) is 5.91 Å². The van der Waals surface area contributed by atoms with E-state index in [1.807, 2.05) is 0 Å². The Balaban J connectivity index is 2.18. The zero-order valence-corrected chi connectivity index (χ0v) is 12.8. The van der Waals surface area contributed by atoms with Gasteiger partial charge in [0, 0.05) is 12.1 Å². The highest BCUT2D eigenvalue weighted by molar-refractivity contribution is 5.78. The fourth-order valence-corrected chi connectivity index (χ4v) is 2.91. The molecule has 1 saturated carbocycles. The summed E-state index contributed by atoms with van der Waals surface area (Å²) >= 11 is 0. The molecule has 0 bridgehead atoms. The summed E-state index contributed by atoms with van der Waals surface area (Å²) in [6, 6.07) is 0.949. The summed E-state index contributed by atoms with van der Waals surface area (Å²) in [5.74, 6) is 0.185. The largest absolute Gasteiger partial charge is 0.352 e. The summed E-state index contributed by atoms with van der Waals surface area (Å²) in [6.07, 6.45) is 12.3. The summed E-state index contributed by atoms with van der Waals surface area (Å²) in [5.41, 5.74) is 0. The maximum Gasteiger partial charge on any atom is 0.234 e. The van der Waals surface area contributed by atoms with E-state index >= 15 is 0 Å². The van der Waals surface area contributed by atoms with Gasteiger partial charge < -0.3 is 10.6 Å². The van der Waals surface area contributed by atoms with Crippen molar-refractivity contribution in [1.29, 1.82) is 0 Å². The first-order valence-electron chi connectivity index (χ1n) is 8.29. The molecule has 2 N–H and O–H groups in total. The molecule has 3 heteroatoms. The summed E-state index contributed by atoms with van der Waals surface area (Å²) in [5, 5.41) is 6.60. The number of carbonyl (C=O) groups excluding carboxylic acids is 1. The average molecular weight is 268 g/mol. The Morgan fingerprint density at radius 3 is 2.47 bits per heavy atom. The molecule has 0 spiro atoms. The van der Waals surface area contributed by atoms with Gasteiger partial charge in [-0.05, 0) is 25.7 Å². The minimum absolute atomic E-state index is 0.185. The van der Waals surface area contributed by atoms with Crippen LogP contribution in [0.1, 0.15) is 78.1 Å². The number of unbranched alkanes of at least 4 members (excludes halogenated alkanes) is 1. The summed E-state index contributed by atoms with van der Waals surface area (Å²) < 4.78 is 0. The monoisotopic (exact) mass is 268 g/mol. The van der Waals surface area contributed by atoms with Crippen LogP contribution in [0.15, 0.2) is 0 Å². The number of carbonyl (C=O) groups is 1. The fraction of sp³-hybridized carbons (Fsp3) is 0.938. The molecule has 0 aromatic heterocycles. The summed E-state index contributed by atoms with van der Waals surface area (Å²) in [7, 11) is 0. The van der Waals surface area contributed by atoms with E-state index in [0.29, 0.717) is 18.6 Å². The van der Waals surface area contributed by atoms with Crippen LogP contribution in [0.3, 0.4) is 0 Å². The zero-order chi connectivity index (χ0) is 13.9. The third kappa shape index (κ3) is 7.56. The Morgan fingerprint density at radius 1 is 1.11 bits per heavy atom. The van der Waals surface area contributed by atoms with E-state index < -0.39 is 0 Å². The molecule has 1 atom stereocenters. The van der Waals surface area contributed by atoms with E-state index in [9.17, 15) is 4.79 Å². The van der Waals surface area contributed by atoms with Crippen molar-refractivity contribution in [2.75, 3.05) is 6.54 Å². The van der Waals surface area contributed by atoms with Crippen molar-refractivity contribution >= 4 is 5.91 Å². The quantitative estimate of drug-likeness (QED) is 0.673. The van der Waals surface area contributed by atoms with Gasteiger partial charge in [0.05, 0.1) is 6.54 Å². The molecule has 0 aromatic carbocycles. The molecule has 0 radical (unpaired) electrons. The molecular weight excluding hydrogens is 236 g/mol. The lowest BCUT2D eigenvalue weighted by Crippen LogP contribution is -2.43. The molecular formula is C16H32N2O. The second-order valence-electron chi connectivity index (χ2n) is 5.91. The van der Waals surface area contributed by atoms with E-state index in [1.54, 1.807) is 0 Å². The van der Waals surface area contributed by atoms with Crippen LogP contribution < -0.4 is 10.6 Å². The minimum atomic E-state index is 0.185. The second kappa shape index (κ2) is 10.2. The highest BCUT2D eigenvalue weighted by atomic mass is 16.1. The Hall–Kier alpha value is -0.570. The first kappa shape index (κ1) is 16.5. The van der Waals surface area contributed by atoms with Crippen LogP contribution in [0.25, 0.3) is 0 Å². The average Bonchev–Trinajstić information content (AvgIpc) is 2.43. The van der Waals surface area contributed by atoms with Crippen molar-refractivity contribution in [2.24, 2.45) is 0 Å². The van der Waals surface area contributed by atoms with Crippen molar-refractivity contribution in [1.82, 2.24) is 10.6 Å². The van der Waals surface area contributed by atoms with Crippen LogP contribution >= 0.6 is 0 Å². The highest BCUT2D eigenvalue weighted by Gasteiger charge is 2.16. The standard InChI is InChI=1S/C16H32N2O/c1-3-5-10-14(9-4-2)17-13-16(19)18-15-11-7-6-8-12-15/h14-15,17H,3-13H2,1-2H3,(H,18,19). The molecule has 0 saturated heterocycles. The molecule has 0 heterocycles. The first-order valence-corrected chi connectivity index (χ1v) is 8.29. The predicted molar refractivity (Wildman–Crippen MR) is 81.2 cm³/mol. The Bertz CT molecular complexity index is 237. The lowest BCUT2D eigenvalue weighted by molar-refractivity contribution is -0.121.